The SMILES string of the molecule is CCCCCc1ncn(-c2ccc(C)cc2)n1. The van der Waals surface area contributed by atoms with Gasteiger partial charge in [-0.25, -0.2) is 9.67 Å². The Morgan fingerprint density at radius 3 is 2.59 bits per heavy atom. The fourth-order valence-corrected chi connectivity index (χ4v) is 1.77. The van der Waals surface area contributed by atoms with Crippen molar-refractivity contribution in [3.05, 3.63) is 42.0 Å². The van der Waals surface area contributed by atoms with E-state index < -0.39 is 0 Å². The Labute approximate surface area is 103 Å². The Morgan fingerprint density at radius 2 is 1.88 bits per heavy atom. The van der Waals surface area contributed by atoms with Crippen molar-refractivity contribution < 1.29 is 0 Å². The molecule has 0 spiro atoms. The van der Waals surface area contributed by atoms with E-state index in [9.17, 15) is 0 Å². The zero-order valence-corrected chi connectivity index (χ0v) is 10.6. The second-order valence-corrected chi connectivity index (χ2v) is 4.40. The highest BCUT2D eigenvalue weighted by molar-refractivity contribution is 5.32. The van der Waals surface area contributed by atoms with Gasteiger partial charge in [0.15, 0.2) is 5.82 Å². The summed E-state index contributed by atoms with van der Waals surface area (Å²) in [6.45, 7) is 4.29. The van der Waals surface area contributed by atoms with E-state index in [4.69, 9.17) is 0 Å². The van der Waals surface area contributed by atoms with Gasteiger partial charge in [-0.05, 0) is 25.5 Å². The number of nitrogens with zero attached hydrogens (tertiary/aromatic N) is 3. The van der Waals surface area contributed by atoms with Crippen molar-refractivity contribution in [3.63, 3.8) is 0 Å². The first-order valence-electron chi connectivity index (χ1n) is 6.27. The summed E-state index contributed by atoms with van der Waals surface area (Å²) in [6, 6.07) is 8.32. The van der Waals surface area contributed by atoms with Crippen molar-refractivity contribution in [2.75, 3.05) is 0 Å². The molecular weight excluding hydrogens is 210 g/mol. The molecule has 0 aliphatic heterocycles. The van der Waals surface area contributed by atoms with Crippen LogP contribution in [0.4, 0.5) is 0 Å². The number of rotatable bonds is 5. The minimum absolute atomic E-state index is 0.944. The van der Waals surface area contributed by atoms with Crippen molar-refractivity contribution in [3.8, 4) is 5.69 Å². The number of hydrogen-bond donors (Lipinski definition) is 0. The van der Waals surface area contributed by atoms with Gasteiger partial charge in [0, 0.05) is 6.42 Å². The molecule has 1 aromatic carbocycles. The lowest BCUT2D eigenvalue weighted by atomic mass is 10.2. The van der Waals surface area contributed by atoms with Crippen LogP contribution < -0.4 is 0 Å². The van der Waals surface area contributed by atoms with Gasteiger partial charge in [0.1, 0.15) is 6.33 Å². The Hall–Kier alpha value is -1.64. The highest BCUT2D eigenvalue weighted by atomic mass is 15.3. The zero-order chi connectivity index (χ0) is 12.1. The molecule has 0 fully saturated rings. The van der Waals surface area contributed by atoms with Crippen LogP contribution in [0.1, 0.15) is 37.6 Å². The van der Waals surface area contributed by atoms with Gasteiger partial charge in [-0.15, -0.1) is 0 Å². The van der Waals surface area contributed by atoms with Gasteiger partial charge in [-0.1, -0.05) is 37.5 Å². The molecule has 1 heterocycles. The molecule has 3 nitrogen and oxygen atoms in total. The Morgan fingerprint density at radius 1 is 1.12 bits per heavy atom. The molecule has 2 aromatic rings. The molecular formula is C14H19N3. The van der Waals surface area contributed by atoms with E-state index in [1.54, 1.807) is 6.33 Å². The molecule has 3 heteroatoms. The lowest BCUT2D eigenvalue weighted by Gasteiger charge is -2.00. The molecule has 1 aromatic heterocycles. The van der Waals surface area contributed by atoms with Crippen LogP contribution in [-0.2, 0) is 6.42 Å². The predicted molar refractivity (Wildman–Crippen MR) is 69.3 cm³/mol. The molecule has 0 aliphatic rings. The van der Waals surface area contributed by atoms with Gasteiger partial charge in [0.25, 0.3) is 0 Å². The maximum absolute atomic E-state index is 4.49. The summed E-state index contributed by atoms with van der Waals surface area (Å²) in [6.07, 6.45) is 6.44. The number of benzene rings is 1. The van der Waals surface area contributed by atoms with E-state index in [1.165, 1.54) is 24.8 Å². The van der Waals surface area contributed by atoms with E-state index >= 15 is 0 Å². The van der Waals surface area contributed by atoms with Crippen LogP contribution in [0.2, 0.25) is 0 Å². The topological polar surface area (TPSA) is 30.7 Å². The van der Waals surface area contributed by atoms with Crippen LogP contribution in [0.25, 0.3) is 5.69 Å². The molecule has 17 heavy (non-hydrogen) atoms. The predicted octanol–water partition coefficient (Wildman–Crippen LogP) is 3.31. The summed E-state index contributed by atoms with van der Waals surface area (Å²) in [4.78, 5) is 4.34. The van der Waals surface area contributed by atoms with Gasteiger partial charge in [0.05, 0.1) is 5.69 Å². The largest absolute Gasteiger partial charge is 0.221 e. The van der Waals surface area contributed by atoms with E-state index in [0.29, 0.717) is 0 Å². The average molecular weight is 229 g/mol. The number of aryl methyl sites for hydroxylation is 2. The van der Waals surface area contributed by atoms with E-state index in [1.807, 2.05) is 4.68 Å². The minimum Gasteiger partial charge on any atom is -0.221 e. The third-order valence-electron chi connectivity index (χ3n) is 2.84. The first-order valence-corrected chi connectivity index (χ1v) is 6.27. The lowest BCUT2D eigenvalue weighted by Crippen LogP contribution is -1.96. The standard InChI is InChI=1S/C14H19N3/c1-3-4-5-6-14-15-11-17(16-14)13-9-7-12(2)8-10-13/h7-11H,3-6H2,1-2H3. The summed E-state index contributed by atoms with van der Waals surface area (Å²) in [5, 5.41) is 4.49. The minimum atomic E-state index is 0.944. The normalized spacial score (nSPS) is 10.7. The third-order valence-corrected chi connectivity index (χ3v) is 2.84. The molecule has 0 N–H and O–H groups in total. The molecule has 0 saturated heterocycles. The summed E-state index contributed by atoms with van der Waals surface area (Å²) < 4.78 is 1.85. The van der Waals surface area contributed by atoms with Gasteiger partial charge in [-0.3, -0.25) is 0 Å². The summed E-state index contributed by atoms with van der Waals surface area (Å²) in [5.74, 6) is 0.944. The highest BCUT2D eigenvalue weighted by Crippen LogP contribution is 2.09. The van der Waals surface area contributed by atoms with Crippen molar-refractivity contribution in [2.45, 2.75) is 39.5 Å². The van der Waals surface area contributed by atoms with Gasteiger partial charge >= 0.3 is 0 Å². The van der Waals surface area contributed by atoms with Crippen molar-refractivity contribution >= 4 is 0 Å². The Bertz CT molecular complexity index is 457. The molecule has 0 bridgehead atoms. The highest BCUT2D eigenvalue weighted by Gasteiger charge is 2.02. The maximum atomic E-state index is 4.49. The number of hydrogen-bond acceptors (Lipinski definition) is 2. The molecule has 0 radical (unpaired) electrons. The van der Waals surface area contributed by atoms with Crippen LogP contribution >= 0.6 is 0 Å². The van der Waals surface area contributed by atoms with Gasteiger partial charge in [-0.2, -0.15) is 5.10 Å². The van der Waals surface area contributed by atoms with Gasteiger partial charge < -0.3 is 0 Å². The van der Waals surface area contributed by atoms with Crippen LogP contribution in [0, 0.1) is 6.92 Å². The van der Waals surface area contributed by atoms with Gasteiger partial charge in [0.2, 0.25) is 0 Å². The van der Waals surface area contributed by atoms with E-state index in [-0.39, 0.29) is 0 Å². The molecule has 0 saturated carbocycles. The fourth-order valence-electron chi connectivity index (χ4n) is 1.77. The monoisotopic (exact) mass is 229 g/mol. The molecule has 90 valence electrons. The third kappa shape index (κ3) is 3.16. The quantitative estimate of drug-likeness (QED) is 0.736. The van der Waals surface area contributed by atoms with Crippen molar-refractivity contribution in [1.82, 2.24) is 14.8 Å². The summed E-state index contributed by atoms with van der Waals surface area (Å²) in [5.41, 5.74) is 2.34. The second kappa shape index (κ2) is 5.62. The molecule has 0 aliphatic carbocycles. The first kappa shape index (κ1) is 11.8. The smallest absolute Gasteiger partial charge is 0.151 e. The molecule has 0 amide bonds. The van der Waals surface area contributed by atoms with Crippen LogP contribution in [0.15, 0.2) is 30.6 Å². The van der Waals surface area contributed by atoms with Crippen molar-refractivity contribution in [2.24, 2.45) is 0 Å². The van der Waals surface area contributed by atoms with Crippen molar-refractivity contribution in [1.29, 1.82) is 0 Å². The second-order valence-electron chi connectivity index (χ2n) is 4.40. The average Bonchev–Trinajstić information content (AvgIpc) is 2.79. The molecule has 2 rings (SSSR count). The zero-order valence-electron chi connectivity index (χ0n) is 10.6. The Kier molecular flexibility index (Phi) is 3.91. The molecule has 0 unspecified atom stereocenters. The lowest BCUT2D eigenvalue weighted by molar-refractivity contribution is 0.690. The fraction of sp³-hybridized carbons (Fsp3) is 0.429. The number of unbranched alkanes of at least 4 members (excludes halogenated alkanes) is 2. The van der Waals surface area contributed by atoms with Crippen LogP contribution in [-0.4, -0.2) is 14.8 Å². The maximum Gasteiger partial charge on any atom is 0.151 e. The van der Waals surface area contributed by atoms with E-state index in [2.05, 4.69) is 48.2 Å². The number of aromatic nitrogens is 3. The Balaban J connectivity index is 2.04. The van der Waals surface area contributed by atoms with Crippen LogP contribution in [0.3, 0.4) is 0 Å². The summed E-state index contributed by atoms with van der Waals surface area (Å²) in [7, 11) is 0. The molecule has 0 atom stereocenters. The first-order chi connectivity index (χ1) is 8.29. The van der Waals surface area contributed by atoms with E-state index in [0.717, 1.165) is 17.9 Å². The summed E-state index contributed by atoms with van der Waals surface area (Å²) >= 11 is 0. The van der Waals surface area contributed by atoms with Crippen LogP contribution in [0.5, 0.6) is 0 Å².